The molecule has 0 aliphatic heterocycles. The first kappa shape index (κ1) is 19.6. The molecule has 0 N–H and O–H groups in total. The Labute approximate surface area is 163 Å². The van der Waals surface area contributed by atoms with Crippen molar-refractivity contribution in [3.63, 3.8) is 0 Å². The normalized spacial score (nSPS) is 15.2. The van der Waals surface area contributed by atoms with Gasteiger partial charge in [0.15, 0.2) is 0 Å². The van der Waals surface area contributed by atoms with Gasteiger partial charge in [0.2, 0.25) is 3.53 Å². The zero-order chi connectivity index (χ0) is 17.1. The standard InChI is InChI=1S/C17H16Cl5P/c1-13(15-10-6-3-7-11-15)23(17(20,21)22)16(18,19)12-14-8-4-2-5-9-14/h2-11,13H,12H2,1H3/t13-,23?/m0/s1. The Balaban J connectivity index is 2.34. The van der Waals surface area contributed by atoms with E-state index in [-0.39, 0.29) is 5.66 Å². The van der Waals surface area contributed by atoms with Gasteiger partial charge in [-0.05, 0) is 19.0 Å². The summed E-state index contributed by atoms with van der Waals surface area (Å²) in [4.78, 5) is 0. The van der Waals surface area contributed by atoms with Gasteiger partial charge in [0, 0.05) is 12.1 Å². The lowest BCUT2D eigenvalue weighted by Gasteiger charge is -2.39. The number of alkyl halides is 5. The van der Waals surface area contributed by atoms with Crippen molar-refractivity contribution in [3.05, 3.63) is 71.8 Å². The minimum atomic E-state index is -1.52. The van der Waals surface area contributed by atoms with Crippen LogP contribution in [0.1, 0.15) is 23.7 Å². The molecule has 2 rings (SSSR count). The van der Waals surface area contributed by atoms with Crippen LogP contribution in [0.5, 0.6) is 0 Å². The smallest absolute Gasteiger partial charge is 0.0960 e. The molecule has 0 nitrogen and oxygen atoms in total. The highest BCUT2D eigenvalue weighted by Crippen LogP contribution is 2.76. The largest absolute Gasteiger partial charge is 0.212 e. The Kier molecular flexibility index (Phi) is 6.95. The number of hydrogen-bond acceptors (Lipinski definition) is 0. The third kappa shape index (κ3) is 5.40. The van der Waals surface area contributed by atoms with E-state index in [0.29, 0.717) is 6.42 Å². The molecule has 0 aromatic heterocycles. The molecule has 0 saturated carbocycles. The second-order valence-electron chi connectivity index (χ2n) is 5.25. The molecule has 0 fully saturated rings. The van der Waals surface area contributed by atoms with Crippen LogP contribution in [0, 0.1) is 0 Å². The number of rotatable bonds is 5. The summed E-state index contributed by atoms with van der Waals surface area (Å²) in [7, 11) is -1.38. The molecule has 0 radical (unpaired) electrons. The van der Waals surface area contributed by atoms with Gasteiger partial charge in [0.25, 0.3) is 0 Å². The molecule has 0 amide bonds. The van der Waals surface area contributed by atoms with Crippen molar-refractivity contribution < 1.29 is 0 Å². The van der Waals surface area contributed by atoms with Crippen LogP contribution in [0.4, 0.5) is 0 Å². The second kappa shape index (κ2) is 8.13. The third-order valence-corrected chi connectivity index (χ3v) is 9.04. The van der Waals surface area contributed by atoms with Gasteiger partial charge in [-0.2, -0.15) is 0 Å². The van der Waals surface area contributed by atoms with Crippen LogP contribution in [0.25, 0.3) is 0 Å². The fourth-order valence-corrected chi connectivity index (χ4v) is 10.0. The molecular weight excluding hydrogens is 412 g/mol. The van der Waals surface area contributed by atoms with Crippen molar-refractivity contribution in [1.82, 2.24) is 0 Å². The van der Waals surface area contributed by atoms with Crippen molar-refractivity contribution in [1.29, 1.82) is 0 Å². The molecule has 23 heavy (non-hydrogen) atoms. The first-order valence-corrected chi connectivity index (χ1v) is 10.3. The Morgan fingerprint density at radius 3 is 1.78 bits per heavy atom. The number of hydrogen-bond donors (Lipinski definition) is 0. The highest BCUT2D eigenvalue weighted by molar-refractivity contribution is 7.71. The third-order valence-electron chi connectivity index (χ3n) is 3.55. The maximum atomic E-state index is 6.71. The first-order chi connectivity index (χ1) is 10.7. The van der Waals surface area contributed by atoms with E-state index in [9.17, 15) is 0 Å². The summed E-state index contributed by atoms with van der Waals surface area (Å²) in [6.45, 7) is 2.01. The summed E-state index contributed by atoms with van der Waals surface area (Å²) in [5.74, 6) is 0. The summed E-state index contributed by atoms with van der Waals surface area (Å²) < 4.78 is -2.68. The van der Waals surface area contributed by atoms with E-state index < -0.39 is 15.5 Å². The van der Waals surface area contributed by atoms with E-state index in [4.69, 9.17) is 58.0 Å². The minimum Gasteiger partial charge on any atom is -0.0960 e. The van der Waals surface area contributed by atoms with Crippen molar-refractivity contribution >= 4 is 65.9 Å². The lowest BCUT2D eigenvalue weighted by Crippen LogP contribution is -2.24. The molecule has 2 aromatic rings. The Morgan fingerprint density at radius 2 is 1.30 bits per heavy atom. The first-order valence-electron chi connectivity index (χ1n) is 7.04. The van der Waals surface area contributed by atoms with Gasteiger partial charge in [-0.3, -0.25) is 0 Å². The van der Waals surface area contributed by atoms with E-state index in [1.807, 2.05) is 67.6 Å². The number of benzene rings is 2. The average molecular weight is 429 g/mol. The lowest BCUT2D eigenvalue weighted by atomic mass is 10.2. The van der Waals surface area contributed by atoms with Gasteiger partial charge in [0.1, 0.15) is 4.07 Å². The Hall–Kier alpha value is 0.320. The van der Waals surface area contributed by atoms with Crippen LogP contribution < -0.4 is 0 Å². The van der Waals surface area contributed by atoms with Crippen LogP contribution in [-0.2, 0) is 6.42 Å². The molecule has 0 heterocycles. The molecule has 1 unspecified atom stereocenters. The van der Waals surface area contributed by atoms with Crippen molar-refractivity contribution in [2.75, 3.05) is 0 Å². The van der Waals surface area contributed by atoms with E-state index in [1.54, 1.807) is 0 Å². The van der Waals surface area contributed by atoms with Gasteiger partial charge < -0.3 is 0 Å². The molecule has 0 bridgehead atoms. The highest BCUT2D eigenvalue weighted by Gasteiger charge is 2.49. The predicted octanol–water partition coefficient (Wildman–Crippen LogP) is 7.93. The van der Waals surface area contributed by atoms with Crippen LogP contribution in [0.2, 0.25) is 0 Å². The summed E-state index contributed by atoms with van der Waals surface area (Å²) >= 11 is 32.3. The van der Waals surface area contributed by atoms with Crippen molar-refractivity contribution in [3.8, 4) is 0 Å². The Morgan fingerprint density at radius 1 is 0.826 bits per heavy atom. The summed E-state index contributed by atoms with van der Waals surface area (Å²) in [6.07, 6.45) is 0.424. The van der Waals surface area contributed by atoms with Gasteiger partial charge in [-0.1, -0.05) is 126 Å². The second-order valence-corrected chi connectivity index (χ2v) is 13.3. The maximum absolute atomic E-state index is 6.71. The van der Waals surface area contributed by atoms with Crippen LogP contribution in [-0.4, -0.2) is 7.61 Å². The molecule has 0 aliphatic rings. The molecule has 2 atom stereocenters. The minimum absolute atomic E-state index is 0.0580. The molecule has 124 valence electrons. The zero-order valence-electron chi connectivity index (χ0n) is 12.4. The zero-order valence-corrected chi connectivity index (χ0v) is 17.1. The highest BCUT2D eigenvalue weighted by atomic mass is 35.6. The van der Waals surface area contributed by atoms with E-state index in [0.717, 1.165) is 11.1 Å². The Bertz CT molecular complexity index is 610. The van der Waals surface area contributed by atoms with Crippen molar-refractivity contribution in [2.45, 2.75) is 26.6 Å². The van der Waals surface area contributed by atoms with Gasteiger partial charge >= 0.3 is 0 Å². The molecule has 0 aliphatic carbocycles. The van der Waals surface area contributed by atoms with Crippen LogP contribution in [0.15, 0.2) is 60.7 Å². The fraction of sp³-hybridized carbons (Fsp3) is 0.294. The van der Waals surface area contributed by atoms with E-state index in [1.165, 1.54) is 0 Å². The average Bonchev–Trinajstić information content (AvgIpc) is 2.47. The quantitative estimate of drug-likeness (QED) is 0.335. The van der Waals surface area contributed by atoms with Crippen molar-refractivity contribution in [2.24, 2.45) is 0 Å². The van der Waals surface area contributed by atoms with Gasteiger partial charge in [0.05, 0.1) is 0 Å². The molecule has 0 saturated heterocycles. The summed E-state index contributed by atoms with van der Waals surface area (Å²) in [5, 5.41) is 0. The van der Waals surface area contributed by atoms with E-state index in [2.05, 4.69) is 0 Å². The molecule has 2 aromatic carbocycles. The van der Waals surface area contributed by atoms with E-state index >= 15 is 0 Å². The van der Waals surface area contributed by atoms with Crippen LogP contribution >= 0.6 is 65.9 Å². The lowest BCUT2D eigenvalue weighted by molar-refractivity contribution is 0.964. The molecule has 6 heteroatoms. The van der Waals surface area contributed by atoms with Gasteiger partial charge in [-0.25, -0.2) is 0 Å². The predicted molar refractivity (Wildman–Crippen MR) is 107 cm³/mol. The SMILES string of the molecule is C[C@@H](c1ccccc1)P(C(Cl)(Cl)Cl)C(Cl)(Cl)Cc1ccccc1. The summed E-state index contributed by atoms with van der Waals surface area (Å²) in [5.41, 5.74) is 2.01. The molecule has 0 spiro atoms. The summed E-state index contributed by atoms with van der Waals surface area (Å²) in [6, 6.07) is 19.6. The number of halogens is 5. The van der Waals surface area contributed by atoms with Crippen LogP contribution in [0.3, 0.4) is 0 Å². The van der Waals surface area contributed by atoms with Gasteiger partial charge in [-0.15, -0.1) is 0 Å². The monoisotopic (exact) mass is 426 g/mol. The topological polar surface area (TPSA) is 0 Å². The maximum Gasteiger partial charge on any atom is 0.212 e. The molecular formula is C17H16Cl5P. The fourth-order valence-electron chi connectivity index (χ4n) is 2.50.